The van der Waals surface area contributed by atoms with Crippen molar-refractivity contribution < 1.29 is 14.3 Å². The lowest BCUT2D eigenvalue weighted by molar-refractivity contribution is -0.139. The number of carbonyl (C=O) groups is 1. The highest BCUT2D eigenvalue weighted by Crippen LogP contribution is 2.33. The fourth-order valence-electron chi connectivity index (χ4n) is 3.81. The van der Waals surface area contributed by atoms with E-state index in [0.29, 0.717) is 26.4 Å². The van der Waals surface area contributed by atoms with E-state index in [-0.39, 0.29) is 12.2 Å². The fraction of sp³-hybridized carbons (Fsp3) is 0.240. The second-order valence-corrected chi connectivity index (χ2v) is 8.45. The molecule has 0 bridgehead atoms. The molecule has 0 amide bonds. The summed E-state index contributed by atoms with van der Waals surface area (Å²) in [5, 5.41) is 0. The van der Waals surface area contributed by atoms with E-state index in [4.69, 9.17) is 9.47 Å². The molecule has 32 heavy (non-hydrogen) atoms. The number of benzene rings is 2. The fourth-order valence-corrected chi connectivity index (χ4v) is 4.86. The molecule has 1 aliphatic heterocycles. The van der Waals surface area contributed by atoms with Gasteiger partial charge in [0.25, 0.3) is 5.56 Å². The number of nitrogens with zero attached hydrogens (tertiary/aromatic N) is 2. The number of hydrogen-bond acceptors (Lipinski definition) is 6. The van der Waals surface area contributed by atoms with Gasteiger partial charge in [-0.2, -0.15) is 0 Å². The predicted octanol–water partition coefficient (Wildman–Crippen LogP) is 3.12. The third-order valence-electron chi connectivity index (χ3n) is 5.36. The van der Waals surface area contributed by atoms with Gasteiger partial charge in [0, 0.05) is 0 Å². The molecule has 3 aromatic rings. The number of ether oxygens (including phenoxy) is 2. The molecule has 1 aliphatic rings. The first-order valence-corrected chi connectivity index (χ1v) is 11.2. The van der Waals surface area contributed by atoms with Crippen LogP contribution in [0.4, 0.5) is 0 Å². The number of rotatable bonds is 5. The molecular weight excluding hydrogens is 424 g/mol. The molecule has 0 spiro atoms. The van der Waals surface area contributed by atoms with Crippen molar-refractivity contribution in [1.29, 1.82) is 0 Å². The lowest BCUT2D eigenvalue weighted by atomic mass is 9.95. The lowest BCUT2D eigenvalue weighted by Crippen LogP contribution is -2.40. The van der Waals surface area contributed by atoms with Crippen LogP contribution in [0.1, 0.15) is 36.6 Å². The Morgan fingerprint density at radius 1 is 1.19 bits per heavy atom. The second kappa shape index (κ2) is 8.96. The first kappa shape index (κ1) is 21.8. The van der Waals surface area contributed by atoms with Gasteiger partial charge in [0.2, 0.25) is 0 Å². The molecule has 0 unspecified atom stereocenters. The van der Waals surface area contributed by atoms with E-state index >= 15 is 0 Å². The summed E-state index contributed by atoms with van der Waals surface area (Å²) in [6, 6.07) is 14.7. The SMILES string of the molecule is CCOC(=O)C1=C(C)N=c2sc(=Cc3ccccc3)c(=O)n2[C@@H]1c1ccc(C)c(OC)c1. The molecule has 164 valence electrons. The normalized spacial score (nSPS) is 15.9. The summed E-state index contributed by atoms with van der Waals surface area (Å²) in [5.74, 6) is 0.211. The Hall–Kier alpha value is -3.45. The van der Waals surface area contributed by atoms with Crippen LogP contribution < -0.4 is 19.6 Å². The Balaban J connectivity index is 1.98. The highest BCUT2D eigenvalue weighted by Gasteiger charge is 2.33. The van der Waals surface area contributed by atoms with Gasteiger partial charge in [0.05, 0.1) is 35.6 Å². The highest BCUT2D eigenvalue weighted by atomic mass is 32.1. The van der Waals surface area contributed by atoms with Gasteiger partial charge in [-0.15, -0.1) is 0 Å². The van der Waals surface area contributed by atoms with Gasteiger partial charge in [-0.05, 0) is 49.6 Å². The van der Waals surface area contributed by atoms with Crippen molar-refractivity contribution in [2.75, 3.05) is 13.7 Å². The van der Waals surface area contributed by atoms with Crippen LogP contribution in [0.15, 0.2) is 69.6 Å². The van der Waals surface area contributed by atoms with Gasteiger partial charge in [-0.25, -0.2) is 9.79 Å². The number of aromatic nitrogens is 1. The standard InChI is InChI=1S/C25H24N2O4S/c1-5-31-24(29)21-16(3)26-25-27(22(21)18-12-11-15(2)19(14-18)30-4)23(28)20(32-25)13-17-9-7-6-8-10-17/h6-14,22H,5H2,1-4H3/t22-/m1/s1. The molecule has 0 aliphatic carbocycles. The van der Waals surface area contributed by atoms with Crippen LogP contribution >= 0.6 is 11.3 Å². The molecule has 2 heterocycles. The number of esters is 1. The minimum atomic E-state index is -0.655. The molecule has 0 radical (unpaired) electrons. The van der Waals surface area contributed by atoms with Crippen LogP contribution in [0.3, 0.4) is 0 Å². The number of allylic oxidation sites excluding steroid dienone is 1. The second-order valence-electron chi connectivity index (χ2n) is 7.44. The summed E-state index contributed by atoms with van der Waals surface area (Å²) in [4.78, 5) is 31.6. The number of fused-ring (bicyclic) bond motifs is 1. The molecule has 0 N–H and O–H groups in total. The Morgan fingerprint density at radius 2 is 1.94 bits per heavy atom. The van der Waals surface area contributed by atoms with Crippen LogP contribution in [0.5, 0.6) is 5.75 Å². The van der Waals surface area contributed by atoms with Gasteiger partial charge in [0.1, 0.15) is 5.75 Å². The Morgan fingerprint density at radius 3 is 2.62 bits per heavy atom. The average Bonchev–Trinajstić information content (AvgIpc) is 3.08. The summed E-state index contributed by atoms with van der Waals surface area (Å²) >= 11 is 1.31. The van der Waals surface area contributed by atoms with Crippen molar-refractivity contribution in [1.82, 2.24) is 4.57 Å². The van der Waals surface area contributed by atoms with Crippen molar-refractivity contribution in [2.24, 2.45) is 4.99 Å². The van der Waals surface area contributed by atoms with Crippen LogP contribution in [-0.2, 0) is 9.53 Å². The first-order chi connectivity index (χ1) is 15.4. The van der Waals surface area contributed by atoms with Crippen molar-refractivity contribution >= 4 is 23.4 Å². The topological polar surface area (TPSA) is 69.9 Å². The van der Waals surface area contributed by atoms with E-state index in [1.54, 1.807) is 25.5 Å². The number of methoxy groups -OCH3 is 1. The van der Waals surface area contributed by atoms with Crippen molar-refractivity contribution in [2.45, 2.75) is 26.8 Å². The van der Waals surface area contributed by atoms with Crippen molar-refractivity contribution in [3.8, 4) is 5.75 Å². The zero-order valence-corrected chi connectivity index (χ0v) is 19.2. The van der Waals surface area contributed by atoms with Gasteiger partial charge >= 0.3 is 5.97 Å². The van der Waals surface area contributed by atoms with Crippen LogP contribution in [0.2, 0.25) is 0 Å². The minimum absolute atomic E-state index is 0.198. The zero-order chi connectivity index (χ0) is 22.8. The summed E-state index contributed by atoms with van der Waals surface area (Å²) in [6.07, 6.45) is 1.85. The molecule has 7 heteroatoms. The smallest absolute Gasteiger partial charge is 0.338 e. The summed E-state index contributed by atoms with van der Waals surface area (Å²) < 4.78 is 13.0. The molecule has 0 fully saturated rings. The Bertz CT molecular complexity index is 1380. The molecule has 2 aromatic carbocycles. The van der Waals surface area contributed by atoms with E-state index in [9.17, 15) is 9.59 Å². The maximum atomic E-state index is 13.5. The maximum Gasteiger partial charge on any atom is 0.338 e. The summed E-state index contributed by atoms with van der Waals surface area (Å²) in [5.41, 5.74) is 3.35. The first-order valence-electron chi connectivity index (χ1n) is 10.3. The molecule has 0 saturated carbocycles. The van der Waals surface area contributed by atoms with E-state index < -0.39 is 12.0 Å². The summed E-state index contributed by atoms with van der Waals surface area (Å²) in [7, 11) is 1.60. The molecule has 4 rings (SSSR count). The average molecular weight is 449 g/mol. The third-order valence-corrected chi connectivity index (χ3v) is 6.35. The predicted molar refractivity (Wildman–Crippen MR) is 125 cm³/mol. The number of carbonyl (C=O) groups excluding carboxylic acids is 1. The van der Waals surface area contributed by atoms with Gasteiger partial charge in [-0.1, -0.05) is 53.8 Å². The minimum Gasteiger partial charge on any atom is -0.496 e. The number of aryl methyl sites for hydroxylation is 1. The van der Waals surface area contributed by atoms with E-state index in [0.717, 1.165) is 16.7 Å². The highest BCUT2D eigenvalue weighted by molar-refractivity contribution is 7.07. The van der Waals surface area contributed by atoms with E-state index in [2.05, 4.69) is 4.99 Å². The number of thiazole rings is 1. The van der Waals surface area contributed by atoms with Gasteiger partial charge in [-0.3, -0.25) is 9.36 Å². The third kappa shape index (κ3) is 3.91. The van der Waals surface area contributed by atoms with E-state index in [1.165, 1.54) is 11.3 Å². The quantitative estimate of drug-likeness (QED) is 0.563. The van der Waals surface area contributed by atoms with Gasteiger partial charge in [0.15, 0.2) is 4.80 Å². The van der Waals surface area contributed by atoms with Crippen LogP contribution in [0, 0.1) is 6.92 Å². The molecule has 1 aromatic heterocycles. The molecule has 6 nitrogen and oxygen atoms in total. The van der Waals surface area contributed by atoms with Crippen molar-refractivity contribution in [3.63, 3.8) is 0 Å². The summed E-state index contributed by atoms with van der Waals surface area (Å²) in [6.45, 7) is 5.71. The van der Waals surface area contributed by atoms with Crippen LogP contribution in [0.25, 0.3) is 6.08 Å². The molecule has 0 saturated heterocycles. The van der Waals surface area contributed by atoms with Crippen LogP contribution in [-0.4, -0.2) is 24.3 Å². The lowest BCUT2D eigenvalue weighted by Gasteiger charge is -2.25. The zero-order valence-electron chi connectivity index (χ0n) is 18.4. The maximum absolute atomic E-state index is 13.5. The van der Waals surface area contributed by atoms with E-state index in [1.807, 2.05) is 61.5 Å². The number of hydrogen-bond donors (Lipinski definition) is 0. The molecule has 1 atom stereocenters. The monoisotopic (exact) mass is 448 g/mol. The van der Waals surface area contributed by atoms with Crippen molar-refractivity contribution in [3.05, 3.63) is 96.2 Å². The van der Waals surface area contributed by atoms with Gasteiger partial charge < -0.3 is 9.47 Å². The Labute approximate surface area is 189 Å². The Kier molecular flexibility index (Phi) is 6.10. The molecular formula is C25H24N2O4S. The largest absolute Gasteiger partial charge is 0.496 e.